The van der Waals surface area contributed by atoms with Crippen molar-refractivity contribution in [2.24, 2.45) is 0 Å². The van der Waals surface area contributed by atoms with Gasteiger partial charge >= 0.3 is 11.7 Å². The number of nitro benzene ring substituents is 1. The molecule has 0 amide bonds. The van der Waals surface area contributed by atoms with Gasteiger partial charge in [0.25, 0.3) is 0 Å². The van der Waals surface area contributed by atoms with Gasteiger partial charge in [-0.2, -0.15) is 0 Å². The zero-order valence-electron chi connectivity index (χ0n) is 12.2. The van der Waals surface area contributed by atoms with E-state index in [-0.39, 0.29) is 23.9 Å². The SMILES string of the molecule is CCCOc1cc(NC(CC)CC(=O)O)ccc1[N+](=O)[O-]. The van der Waals surface area contributed by atoms with Gasteiger partial charge in [0.15, 0.2) is 5.75 Å². The first-order chi connectivity index (χ1) is 9.97. The highest BCUT2D eigenvalue weighted by molar-refractivity contribution is 5.68. The van der Waals surface area contributed by atoms with Crippen molar-refractivity contribution in [1.82, 2.24) is 0 Å². The summed E-state index contributed by atoms with van der Waals surface area (Å²) in [5.41, 5.74) is 0.514. The monoisotopic (exact) mass is 296 g/mol. The van der Waals surface area contributed by atoms with Gasteiger partial charge in [0.2, 0.25) is 0 Å². The van der Waals surface area contributed by atoms with Crippen LogP contribution >= 0.6 is 0 Å². The molecule has 0 bridgehead atoms. The zero-order chi connectivity index (χ0) is 15.8. The average Bonchev–Trinajstić information content (AvgIpc) is 2.43. The minimum atomic E-state index is -0.890. The summed E-state index contributed by atoms with van der Waals surface area (Å²) in [5, 5.41) is 22.8. The largest absolute Gasteiger partial charge is 0.487 e. The van der Waals surface area contributed by atoms with E-state index in [1.165, 1.54) is 12.1 Å². The van der Waals surface area contributed by atoms with E-state index in [0.717, 1.165) is 6.42 Å². The summed E-state index contributed by atoms with van der Waals surface area (Å²) in [4.78, 5) is 21.2. The fourth-order valence-corrected chi connectivity index (χ4v) is 1.83. The molecule has 1 atom stereocenters. The van der Waals surface area contributed by atoms with Crippen molar-refractivity contribution >= 4 is 17.3 Å². The van der Waals surface area contributed by atoms with Crippen LogP contribution in [0.3, 0.4) is 0 Å². The van der Waals surface area contributed by atoms with Crippen LogP contribution in [0.5, 0.6) is 5.75 Å². The van der Waals surface area contributed by atoms with Gasteiger partial charge in [-0.15, -0.1) is 0 Å². The molecule has 7 heteroatoms. The van der Waals surface area contributed by atoms with Crippen LogP contribution in [0.2, 0.25) is 0 Å². The van der Waals surface area contributed by atoms with Crippen molar-refractivity contribution in [3.05, 3.63) is 28.3 Å². The molecule has 1 rings (SSSR count). The molecule has 2 N–H and O–H groups in total. The first-order valence-corrected chi connectivity index (χ1v) is 6.87. The lowest BCUT2D eigenvalue weighted by atomic mass is 10.1. The second-order valence-electron chi connectivity index (χ2n) is 4.64. The van der Waals surface area contributed by atoms with E-state index in [1.54, 1.807) is 6.07 Å². The van der Waals surface area contributed by atoms with E-state index >= 15 is 0 Å². The smallest absolute Gasteiger partial charge is 0.311 e. The van der Waals surface area contributed by atoms with E-state index in [0.29, 0.717) is 18.7 Å². The molecule has 0 spiro atoms. The third-order valence-corrected chi connectivity index (χ3v) is 2.90. The van der Waals surface area contributed by atoms with Crippen molar-refractivity contribution in [3.63, 3.8) is 0 Å². The maximum Gasteiger partial charge on any atom is 0.311 e. The molecule has 116 valence electrons. The zero-order valence-corrected chi connectivity index (χ0v) is 12.2. The quantitative estimate of drug-likeness (QED) is 0.536. The lowest BCUT2D eigenvalue weighted by molar-refractivity contribution is -0.385. The van der Waals surface area contributed by atoms with Crippen LogP contribution in [-0.2, 0) is 4.79 Å². The number of carboxylic acid groups (broad SMARTS) is 1. The highest BCUT2D eigenvalue weighted by Crippen LogP contribution is 2.30. The van der Waals surface area contributed by atoms with E-state index in [2.05, 4.69) is 5.32 Å². The lowest BCUT2D eigenvalue weighted by Crippen LogP contribution is -2.22. The Morgan fingerprint density at radius 2 is 2.19 bits per heavy atom. The Balaban J connectivity index is 2.92. The summed E-state index contributed by atoms with van der Waals surface area (Å²) in [6.45, 7) is 4.17. The van der Waals surface area contributed by atoms with Crippen molar-refractivity contribution in [1.29, 1.82) is 0 Å². The Morgan fingerprint density at radius 1 is 1.48 bits per heavy atom. The van der Waals surface area contributed by atoms with Crippen LogP contribution in [0.25, 0.3) is 0 Å². The molecule has 0 aliphatic rings. The summed E-state index contributed by atoms with van der Waals surface area (Å²) in [6.07, 6.45) is 1.36. The van der Waals surface area contributed by atoms with Gasteiger partial charge in [-0.25, -0.2) is 0 Å². The molecule has 0 saturated carbocycles. The Bertz CT molecular complexity index is 504. The Kier molecular flexibility index (Phi) is 6.45. The fraction of sp³-hybridized carbons (Fsp3) is 0.500. The van der Waals surface area contributed by atoms with Crippen molar-refractivity contribution < 1.29 is 19.6 Å². The summed E-state index contributed by atoms with van der Waals surface area (Å²) >= 11 is 0. The molecule has 0 aliphatic heterocycles. The molecule has 0 radical (unpaired) electrons. The van der Waals surface area contributed by atoms with E-state index in [4.69, 9.17) is 9.84 Å². The average molecular weight is 296 g/mol. The number of hydrogen-bond acceptors (Lipinski definition) is 5. The highest BCUT2D eigenvalue weighted by Gasteiger charge is 2.17. The van der Waals surface area contributed by atoms with Gasteiger partial charge in [0.05, 0.1) is 18.0 Å². The van der Waals surface area contributed by atoms with Crippen LogP contribution in [0, 0.1) is 10.1 Å². The van der Waals surface area contributed by atoms with Crippen LogP contribution in [0.1, 0.15) is 33.1 Å². The maximum absolute atomic E-state index is 10.9. The molecule has 21 heavy (non-hydrogen) atoms. The minimum Gasteiger partial charge on any atom is -0.487 e. The van der Waals surface area contributed by atoms with E-state index < -0.39 is 10.9 Å². The second kappa shape index (κ2) is 8.08. The Hall–Kier alpha value is -2.31. The molecular weight excluding hydrogens is 276 g/mol. The molecule has 0 aromatic heterocycles. The van der Waals surface area contributed by atoms with Gasteiger partial charge in [-0.3, -0.25) is 14.9 Å². The molecule has 7 nitrogen and oxygen atoms in total. The van der Waals surface area contributed by atoms with Gasteiger partial charge in [0.1, 0.15) is 0 Å². The number of hydrogen-bond donors (Lipinski definition) is 2. The van der Waals surface area contributed by atoms with Gasteiger partial charge in [-0.05, 0) is 18.9 Å². The number of nitrogens with zero attached hydrogens (tertiary/aromatic N) is 1. The molecule has 0 aliphatic carbocycles. The third-order valence-electron chi connectivity index (χ3n) is 2.90. The number of benzene rings is 1. The normalized spacial score (nSPS) is 11.7. The van der Waals surface area contributed by atoms with Gasteiger partial charge < -0.3 is 15.2 Å². The predicted molar refractivity (Wildman–Crippen MR) is 78.8 cm³/mol. The summed E-state index contributed by atoms with van der Waals surface area (Å²) in [7, 11) is 0. The number of anilines is 1. The summed E-state index contributed by atoms with van der Waals surface area (Å²) < 4.78 is 5.39. The predicted octanol–water partition coefficient (Wildman–Crippen LogP) is 3.05. The molecule has 0 saturated heterocycles. The van der Waals surface area contributed by atoms with Gasteiger partial charge in [0, 0.05) is 23.9 Å². The van der Waals surface area contributed by atoms with Crippen molar-refractivity contribution in [3.8, 4) is 5.75 Å². The molecule has 0 heterocycles. The van der Waals surface area contributed by atoms with Crippen LogP contribution < -0.4 is 10.1 Å². The number of nitrogens with one attached hydrogen (secondary N) is 1. The number of ether oxygens (including phenoxy) is 1. The van der Waals surface area contributed by atoms with Crippen LogP contribution in [-0.4, -0.2) is 28.6 Å². The molecule has 0 fully saturated rings. The number of carbonyl (C=O) groups is 1. The van der Waals surface area contributed by atoms with E-state index in [9.17, 15) is 14.9 Å². The first-order valence-electron chi connectivity index (χ1n) is 6.87. The number of rotatable bonds is 9. The number of nitro groups is 1. The maximum atomic E-state index is 10.9. The fourth-order valence-electron chi connectivity index (χ4n) is 1.83. The molecule has 1 unspecified atom stereocenters. The third kappa shape index (κ3) is 5.29. The molecule has 1 aromatic rings. The summed E-state index contributed by atoms with van der Waals surface area (Å²) in [5.74, 6) is -0.698. The number of carboxylic acids is 1. The Morgan fingerprint density at radius 3 is 2.71 bits per heavy atom. The van der Waals surface area contributed by atoms with Crippen molar-refractivity contribution in [2.75, 3.05) is 11.9 Å². The highest BCUT2D eigenvalue weighted by atomic mass is 16.6. The Labute approximate surface area is 123 Å². The molecular formula is C14H20N2O5. The lowest BCUT2D eigenvalue weighted by Gasteiger charge is -2.17. The van der Waals surface area contributed by atoms with E-state index in [1.807, 2.05) is 13.8 Å². The number of aliphatic carboxylic acids is 1. The minimum absolute atomic E-state index is 0.0152. The van der Waals surface area contributed by atoms with Crippen molar-refractivity contribution in [2.45, 2.75) is 39.2 Å². The summed E-state index contributed by atoms with van der Waals surface area (Å²) in [6, 6.07) is 4.23. The second-order valence-corrected chi connectivity index (χ2v) is 4.64. The first kappa shape index (κ1) is 16.7. The molecule has 1 aromatic carbocycles. The van der Waals surface area contributed by atoms with Gasteiger partial charge in [-0.1, -0.05) is 13.8 Å². The van der Waals surface area contributed by atoms with Crippen LogP contribution in [0.15, 0.2) is 18.2 Å². The standard InChI is InChI=1S/C14H20N2O5/c1-3-7-21-13-8-11(5-6-12(13)16(19)20)15-10(4-2)9-14(17)18/h5-6,8,10,15H,3-4,7,9H2,1-2H3,(H,17,18). The topological polar surface area (TPSA) is 102 Å². The van der Waals surface area contributed by atoms with Crippen LogP contribution in [0.4, 0.5) is 11.4 Å².